The van der Waals surface area contributed by atoms with Gasteiger partial charge in [-0.1, -0.05) is 69.7 Å². The zero-order chi connectivity index (χ0) is 31.4. The van der Waals surface area contributed by atoms with Gasteiger partial charge in [0.25, 0.3) is 0 Å². The lowest BCUT2D eigenvalue weighted by Crippen LogP contribution is -2.49. The summed E-state index contributed by atoms with van der Waals surface area (Å²) in [7, 11) is 9.82. The van der Waals surface area contributed by atoms with Crippen LogP contribution in [0.1, 0.15) is 69.7 Å². The molecule has 0 aliphatic carbocycles. The molecule has 10 nitrogen and oxygen atoms in total. The molecule has 0 atom stereocenters. The normalized spacial score (nSPS) is 29.1. The van der Waals surface area contributed by atoms with Crippen LogP contribution in [-0.2, 0) is 33.2 Å². The second-order valence-corrected chi connectivity index (χ2v) is 14.8. The molecule has 42 heavy (non-hydrogen) atoms. The van der Waals surface area contributed by atoms with Crippen LogP contribution in [0.25, 0.3) is 0 Å². The number of nitrogens with one attached hydrogen (secondary N) is 1. The van der Waals surface area contributed by atoms with Crippen molar-refractivity contribution in [2.24, 2.45) is 16.2 Å². The van der Waals surface area contributed by atoms with Gasteiger partial charge in [0.15, 0.2) is 18.9 Å². The first-order valence-corrected chi connectivity index (χ1v) is 15.1. The third-order valence-corrected chi connectivity index (χ3v) is 7.19. The first kappa shape index (κ1) is 41.6. The highest BCUT2D eigenvalue weighted by Crippen LogP contribution is 2.28. The van der Waals surface area contributed by atoms with Gasteiger partial charge >= 0.3 is 0 Å². The average Bonchev–Trinajstić information content (AvgIpc) is 2.91. The lowest BCUT2D eigenvalue weighted by atomic mass is 9.95. The van der Waals surface area contributed by atoms with Crippen LogP contribution in [0.2, 0.25) is 0 Å². The zero-order valence-corrected chi connectivity index (χ0v) is 28.9. The molecule has 0 saturated carbocycles. The molecule has 0 aromatic rings. The van der Waals surface area contributed by atoms with E-state index in [1.54, 1.807) is 7.11 Å². The molecule has 254 valence electrons. The van der Waals surface area contributed by atoms with E-state index in [0.717, 1.165) is 52.8 Å². The predicted octanol–water partition coefficient (Wildman–Crippen LogP) is 4.32. The average molecular weight is 608 g/mol. The van der Waals surface area contributed by atoms with Crippen molar-refractivity contribution in [3.63, 3.8) is 0 Å². The predicted molar refractivity (Wildman–Crippen MR) is 171 cm³/mol. The molecule has 0 spiro atoms. The van der Waals surface area contributed by atoms with E-state index < -0.39 is 0 Å². The molecular formula is C32H69N3O7. The maximum atomic E-state index is 5.75. The van der Waals surface area contributed by atoms with Gasteiger partial charge in [0.1, 0.15) is 0 Å². The summed E-state index contributed by atoms with van der Waals surface area (Å²) in [6.45, 7) is 25.3. The first-order valence-electron chi connectivity index (χ1n) is 15.1. The van der Waals surface area contributed by atoms with E-state index in [9.17, 15) is 0 Å². The Morgan fingerprint density at radius 1 is 0.619 bits per heavy atom. The van der Waals surface area contributed by atoms with Crippen molar-refractivity contribution in [3.8, 4) is 0 Å². The van der Waals surface area contributed by atoms with Gasteiger partial charge < -0.3 is 43.4 Å². The van der Waals surface area contributed by atoms with E-state index in [1.165, 1.54) is 0 Å². The van der Waals surface area contributed by atoms with Gasteiger partial charge in [-0.15, -0.1) is 0 Å². The molecule has 3 aliphatic heterocycles. The molecular weight excluding hydrogens is 538 g/mol. The smallest absolute Gasteiger partial charge is 0.162 e. The Morgan fingerprint density at radius 3 is 1.24 bits per heavy atom. The van der Waals surface area contributed by atoms with Crippen molar-refractivity contribution in [2.75, 3.05) is 88.1 Å². The molecule has 3 fully saturated rings. The van der Waals surface area contributed by atoms with Gasteiger partial charge in [-0.25, -0.2) is 0 Å². The second-order valence-electron chi connectivity index (χ2n) is 14.8. The lowest BCUT2D eigenvalue weighted by molar-refractivity contribution is -0.243. The van der Waals surface area contributed by atoms with E-state index in [2.05, 4.69) is 98.6 Å². The SMILES string of the molecule is C.CN(C)C1COC(C(C)(C)C)OC1.CNC1COC(C(C)(C)C)OC1.COCCN(C)C1COC(C(C)(C)C)OC1. The summed E-state index contributed by atoms with van der Waals surface area (Å²) >= 11 is 0. The summed E-state index contributed by atoms with van der Waals surface area (Å²) in [6.07, 6.45) is -0.189. The van der Waals surface area contributed by atoms with Crippen molar-refractivity contribution < 1.29 is 33.2 Å². The molecule has 3 rings (SSSR count). The molecule has 0 unspecified atom stereocenters. The Balaban J connectivity index is 0.000000600. The maximum absolute atomic E-state index is 5.75. The van der Waals surface area contributed by atoms with Crippen LogP contribution in [0.3, 0.4) is 0 Å². The largest absolute Gasteiger partial charge is 0.383 e. The van der Waals surface area contributed by atoms with Crippen LogP contribution in [0, 0.1) is 16.2 Å². The van der Waals surface area contributed by atoms with Crippen LogP contribution >= 0.6 is 0 Å². The molecule has 0 radical (unpaired) electrons. The van der Waals surface area contributed by atoms with E-state index in [4.69, 9.17) is 33.2 Å². The Labute approximate surface area is 259 Å². The van der Waals surface area contributed by atoms with E-state index >= 15 is 0 Å². The zero-order valence-electron chi connectivity index (χ0n) is 28.9. The fraction of sp³-hybridized carbons (Fsp3) is 1.00. The molecule has 3 aliphatic rings. The number of nitrogens with zero attached hydrogens (tertiary/aromatic N) is 2. The molecule has 1 N–H and O–H groups in total. The Bertz CT molecular complexity index is 667. The van der Waals surface area contributed by atoms with Crippen molar-refractivity contribution >= 4 is 0 Å². The van der Waals surface area contributed by atoms with Crippen molar-refractivity contribution in [2.45, 2.75) is 107 Å². The third kappa shape index (κ3) is 15.5. The van der Waals surface area contributed by atoms with E-state index in [1.807, 2.05) is 7.05 Å². The number of hydrogen-bond donors (Lipinski definition) is 1. The topological polar surface area (TPSA) is 83.1 Å². The van der Waals surface area contributed by atoms with Crippen LogP contribution in [-0.4, -0.2) is 135 Å². The van der Waals surface area contributed by atoms with Crippen molar-refractivity contribution in [1.29, 1.82) is 0 Å². The van der Waals surface area contributed by atoms with E-state index in [0.29, 0.717) is 18.1 Å². The molecule has 0 amide bonds. The van der Waals surface area contributed by atoms with Crippen molar-refractivity contribution in [3.05, 3.63) is 0 Å². The number of hydrogen-bond acceptors (Lipinski definition) is 10. The lowest BCUT2D eigenvalue weighted by Gasteiger charge is -2.39. The summed E-state index contributed by atoms with van der Waals surface area (Å²) in [5, 5.41) is 3.13. The van der Waals surface area contributed by atoms with Crippen LogP contribution in [0.5, 0.6) is 0 Å². The summed E-state index contributed by atoms with van der Waals surface area (Å²) in [6, 6.07) is 1.09. The minimum Gasteiger partial charge on any atom is -0.383 e. The van der Waals surface area contributed by atoms with Gasteiger partial charge in [0.05, 0.1) is 64.4 Å². The number of methoxy groups -OCH3 is 1. The standard InChI is InChI=1S/C12H25NO3.C10H21NO2.C9H19NO2.CH4/c1-12(2,3)11-15-8-10(9-16-11)13(4)6-7-14-5;1-10(2,3)9-12-6-8(7-13-9)11(4)5;1-9(2,3)8-11-5-7(10-4)6-12-8;/h10-11H,6-9H2,1-5H3;8-9H,6-7H2,1-5H3;7-8,10H,5-6H2,1-4H3;1H4. The summed E-state index contributed by atoms with van der Waals surface area (Å²) < 4.78 is 39.0. The van der Waals surface area contributed by atoms with Gasteiger partial charge in [-0.2, -0.15) is 0 Å². The van der Waals surface area contributed by atoms with Gasteiger partial charge in [0, 0.05) is 29.9 Å². The number of likely N-dealkylation sites (N-methyl/N-ethyl adjacent to an activating group) is 3. The molecule has 0 aromatic heterocycles. The minimum atomic E-state index is -0.0837. The highest BCUT2D eigenvalue weighted by molar-refractivity contribution is 4.77. The summed E-state index contributed by atoms with van der Waals surface area (Å²) in [4.78, 5) is 4.36. The highest BCUT2D eigenvalue weighted by atomic mass is 16.7. The summed E-state index contributed by atoms with van der Waals surface area (Å²) in [5.41, 5.74) is 0.214. The highest BCUT2D eigenvalue weighted by Gasteiger charge is 2.34. The molecule has 10 heteroatoms. The number of rotatable bonds is 6. The van der Waals surface area contributed by atoms with Crippen molar-refractivity contribution in [1.82, 2.24) is 15.1 Å². The van der Waals surface area contributed by atoms with E-state index in [-0.39, 0.29) is 42.5 Å². The molecule has 0 aromatic carbocycles. The van der Waals surface area contributed by atoms with Crippen LogP contribution in [0.15, 0.2) is 0 Å². The number of ether oxygens (including phenoxy) is 7. The maximum Gasteiger partial charge on any atom is 0.162 e. The van der Waals surface area contributed by atoms with Gasteiger partial charge in [-0.3, -0.25) is 4.90 Å². The Hall–Kier alpha value is -0.400. The van der Waals surface area contributed by atoms with Crippen LogP contribution < -0.4 is 5.32 Å². The minimum absolute atomic E-state index is 0. The summed E-state index contributed by atoms with van der Waals surface area (Å²) in [5.74, 6) is 0. The molecule has 0 bridgehead atoms. The van der Waals surface area contributed by atoms with Gasteiger partial charge in [-0.05, 0) is 28.2 Å². The molecule has 3 saturated heterocycles. The first-order chi connectivity index (χ1) is 18.9. The fourth-order valence-electron chi connectivity index (χ4n) is 4.13. The van der Waals surface area contributed by atoms with Gasteiger partial charge in [0.2, 0.25) is 0 Å². The van der Waals surface area contributed by atoms with Crippen LogP contribution in [0.4, 0.5) is 0 Å². The quantitative estimate of drug-likeness (QED) is 0.472. The second kappa shape index (κ2) is 19.2. The monoisotopic (exact) mass is 608 g/mol. The molecule has 3 heterocycles. The fourth-order valence-corrected chi connectivity index (χ4v) is 4.13. The Morgan fingerprint density at radius 2 is 0.952 bits per heavy atom. The Kier molecular flexibility index (Phi) is 19.0. The third-order valence-electron chi connectivity index (χ3n) is 7.19.